The molecular weight excluding hydrogens is 322 g/mol. The van der Waals surface area contributed by atoms with Gasteiger partial charge in [-0.1, -0.05) is 41.7 Å². The molecular formula is C17H21N5OS. The van der Waals surface area contributed by atoms with Gasteiger partial charge in [0.25, 0.3) is 0 Å². The third-order valence-electron chi connectivity index (χ3n) is 3.72. The summed E-state index contributed by atoms with van der Waals surface area (Å²) in [5.74, 6) is 0.805. The molecule has 2 aromatic heterocycles. The van der Waals surface area contributed by atoms with Crippen molar-refractivity contribution in [1.29, 1.82) is 0 Å². The molecule has 0 bridgehead atoms. The fourth-order valence-corrected chi connectivity index (χ4v) is 3.54. The minimum atomic E-state index is -0.281. The Hall–Kier alpha value is -2.28. The first kappa shape index (κ1) is 16.6. The Kier molecular flexibility index (Phi) is 4.62. The van der Waals surface area contributed by atoms with Gasteiger partial charge >= 0.3 is 0 Å². The Morgan fingerprint density at radius 1 is 1.25 bits per heavy atom. The molecule has 3 rings (SSSR count). The Morgan fingerprint density at radius 3 is 2.71 bits per heavy atom. The molecule has 0 atom stereocenters. The zero-order chi connectivity index (χ0) is 17.2. The molecule has 3 aromatic rings. The molecule has 0 spiro atoms. The number of fused-ring (bicyclic) bond motifs is 1. The van der Waals surface area contributed by atoms with Gasteiger partial charge in [0, 0.05) is 18.4 Å². The monoisotopic (exact) mass is 343 g/mol. The average molecular weight is 343 g/mol. The Morgan fingerprint density at radius 2 is 2.00 bits per heavy atom. The molecule has 1 aromatic carbocycles. The molecule has 0 radical (unpaired) electrons. The van der Waals surface area contributed by atoms with Crippen LogP contribution in [-0.2, 0) is 17.6 Å². The summed E-state index contributed by atoms with van der Waals surface area (Å²) < 4.78 is 1.72. The Bertz CT molecular complexity index is 837. The molecule has 2 heterocycles. The molecule has 0 aliphatic rings. The van der Waals surface area contributed by atoms with Crippen molar-refractivity contribution in [3.63, 3.8) is 0 Å². The third kappa shape index (κ3) is 3.97. The zero-order valence-electron chi connectivity index (χ0n) is 14.1. The molecule has 6 nitrogen and oxygen atoms in total. The normalized spacial score (nSPS) is 11.8. The number of hydrogen-bond donors (Lipinski definition) is 1. The van der Waals surface area contributed by atoms with E-state index in [4.69, 9.17) is 0 Å². The summed E-state index contributed by atoms with van der Waals surface area (Å²) in [4.78, 5) is 13.0. The molecule has 1 N–H and O–H groups in total. The van der Waals surface area contributed by atoms with Crippen LogP contribution in [-0.4, -0.2) is 31.3 Å². The summed E-state index contributed by atoms with van der Waals surface area (Å²) >= 11 is 1.48. The van der Waals surface area contributed by atoms with Gasteiger partial charge in [-0.15, -0.1) is 10.2 Å². The largest absolute Gasteiger partial charge is 0.351 e. The maximum Gasteiger partial charge on any atom is 0.234 e. The quantitative estimate of drug-likeness (QED) is 0.747. The third-order valence-corrected chi connectivity index (χ3v) is 4.68. The summed E-state index contributed by atoms with van der Waals surface area (Å²) in [6.45, 7) is 5.96. The summed E-state index contributed by atoms with van der Waals surface area (Å²) in [6.07, 6.45) is 1.83. The van der Waals surface area contributed by atoms with Gasteiger partial charge in [0.05, 0.1) is 0 Å². The minimum absolute atomic E-state index is 0.0404. The lowest BCUT2D eigenvalue weighted by Gasteiger charge is -2.26. The van der Waals surface area contributed by atoms with Crippen LogP contribution in [0.1, 0.15) is 36.7 Å². The van der Waals surface area contributed by atoms with Crippen molar-refractivity contribution in [2.75, 3.05) is 0 Å². The van der Waals surface area contributed by atoms with Gasteiger partial charge in [-0.3, -0.25) is 4.79 Å². The van der Waals surface area contributed by atoms with Crippen LogP contribution in [0.4, 0.5) is 0 Å². The Labute approximate surface area is 144 Å². The van der Waals surface area contributed by atoms with Crippen molar-refractivity contribution in [1.82, 2.24) is 25.1 Å². The van der Waals surface area contributed by atoms with E-state index in [-0.39, 0.29) is 11.4 Å². The van der Waals surface area contributed by atoms with E-state index in [2.05, 4.69) is 32.7 Å². The summed E-state index contributed by atoms with van der Waals surface area (Å²) in [5.41, 5.74) is 0.933. The van der Waals surface area contributed by atoms with E-state index in [1.165, 1.54) is 16.9 Å². The molecule has 0 saturated heterocycles. The first-order valence-corrected chi connectivity index (χ1v) is 8.77. The summed E-state index contributed by atoms with van der Waals surface area (Å²) in [7, 11) is 0. The van der Waals surface area contributed by atoms with Gasteiger partial charge in [0.1, 0.15) is 5.01 Å². The van der Waals surface area contributed by atoms with Crippen molar-refractivity contribution in [2.24, 2.45) is 0 Å². The first-order chi connectivity index (χ1) is 11.4. The predicted molar refractivity (Wildman–Crippen MR) is 94.1 cm³/mol. The number of rotatable bonds is 6. The lowest BCUT2D eigenvalue weighted by Crippen LogP contribution is -2.45. The molecule has 24 heavy (non-hydrogen) atoms. The van der Waals surface area contributed by atoms with Crippen LogP contribution < -0.4 is 5.32 Å². The number of nitrogens with zero attached hydrogens (tertiary/aromatic N) is 4. The van der Waals surface area contributed by atoms with Gasteiger partial charge in [0.15, 0.2) is 5.82 Å². The van der Waals surface area contributed by atoms with Gasteiger partial charge in [-0.05, 0) is 32.8 Å². The number of aryl methyl sites for hydroxylation is 2. The van der Waals surface area contributed by atoms with Gasteiger partial charge in [0.2, 0.25) is 10.9 Å². The van der Waals surface area contributed by atoms with Crippen LogP contribution in [0.2, 0.25) is 0 Å². The number of carbonyl (C=O) groups excluding carboxylic acids is 1. The fraction of sp³-hybridized carbons (Fsp3) is 0.412. The molecule has 0 unspecified atom stereocenters. The SMILES string of the molecule is Cc1nnc2sc(CCC(=O)NC(C)(C)Cc3ccccc3)nn12. The number of nitrogens with one attached hydrogen (secondary N) is 1. The highest BCUT2D eigenvalue weighted by Crippen LogP contribution is 2.16. The fourth-order valence-electron chi connectivity index (χ4n) is 2.67. The van der Waals surface area contributed by atoms with Gasteiger partial charge in [-0.2, -0.15) is 9.61 Å². The highest BCUT2D eigenvalue weighted by molar-refractivity contribution is 7.16. The zero-order valence-corrected chi connectivity index (χ0v) is 14.9. The second-order valence-electron chi connectivity index (χ2n) is 6.53. The second kappa shape index (κ2) is 6.68. The molecule has 0 saturated carbocycles. The van der Waals surface area contributed by atoms with E-state index in [0.717, 1.165) is 22.2 Å². The molecule has 0 aliphatic heterocycles. The summed E-state index contributed by atoms with van der Waals surface area (Å²) in [6, 6.07) is 10.2. The van der Waals surface area contributed by atoms with Crippen molar-refractivity contribution in [3.05, 3.63) is 46.7 Å². The van der Waals surface area contributed by atoms with Crippen molar-refractivity contribution < 1.29 is 4.79 Å². The topological polar surface area (TPSA) is 72.2 Å². The number of carbonyl (C=O) groups is 1. The van der Waals surface area contributed by atoms with Crippen molar-refractivity contribution >= 4 is 22.2 Å². The van der Waals surface area contributed by atoms with E-state index in [0.29, 0.717) is 12.8 Å². The van der Waals surface area contributed by atoms with Crippen LogP contribution in [0, 0.1) is 6.92 Å². The van der Waals surface area contributed by atoms with Crippen LogP contribution in [0.3, 0.4) is 0 Å². The number of hydrogen-bond acceptors (Lipinski definition) is 5. The molecule has 0 fully saturated rings. The first-order valence-electron chi connectivity index (χ1n) is 7.96. The maximum absolute atomic E-state index is 12.3. The van der Waals surface area contributed by atoms with E-state index in [1.807, 2.05) is 39.0 Å². The van der Waals surface area contributed by atoms with Crippen LogP contribution in [0.15, 0.2) is 30.3 Å². The van der Waals surface area contributed by atoms with Gasteiger partial charge < -0.3 is 5.32 Å². The predicted octanol–water partition coefficient (Wildman–Crippen LogP) is 2.56. The second-order valence-corrected chi connectivity index (χ2v) is 7.57. The number of amides is 1. The average Bonchev–Trinajstić information content (AvgIpc) is 3.07. The minimum Gasteiger partial charge on any atom is -0.351 e. The molecule has 126 valence electrons. The molecule has 7 heteroatoms. The van der Waals surface area contributed by atoms with Gasteiger partial charge in [-0.25, -0.2) is 0 Å². The van der Waals surface area contributed by atoms with E-state index in [1.54, 1.807) is 4.52 Å². The number of aromatic nitrogens is 4. The standard InChI is InChI=1S/C17H21N5OS/c1-12-19-20-16-22(12)21-15(24-16)10-9-14(23)18-17(2,3)11-13-7-5-4-6-8-13/h4-8H,9-11H2,1-3H3,(H,18,23). The maximum atomic E-state index is 12.3. The summed E-state index contributed by atoms with van der Waals surface area (Å²) in [5, 5.41) is 16.5. The lowest BCUT2D eigenvalue weighted by atomic mass is 9.94. The lowest BCUT2D eigenvalue weighted by molar-refractivity contribution is -0.122. The number of benzene rings is 1. The van der Waals surface area contributed by atoms with Crippen LogP contribution in [0.5, 0.6) is 0 Å². The van der Waals surface area contributed by atoms with E-state index >= 15 is 0 Å². The van der Waals surface area contributed by atoms with Crippen LogP contribution in [0.25, 0.3) is 4.96 Å². The van der Waals surface area contributed by atoms with Crippen LogP contribution >= 0.6 is 11.3 Å². The van der Waals surface area contributed by atoms with Crippen molar-refractivity contribution in [2.45, 2.75) is 45.6 Å². The highest BCUT2D eigenvalue weighted by Gasteiger charge is 2.21. The molecule has 1 amide bonds. The smallest absolute Gasteiger partial charge is 0.234 e. The van der Waals surface area contributed by atoms with E-state index < -0.39 is 0 Å². The molecule has 0 aliphatic carbocycles. The Balaban J connectivity index is 1.54. The van der Waals surface area contributed by atoms with Crippen molar-refractivity contribution in [3.8, 4) is 0 Å². The van der Waals surface area contributed by atoms with E-state index in [9.17, 15) is 4.79 Å². The highest BCUT2D eigenvalue weighted by atomic mass is 32.1.